The number of rotatable bonds is 7. The number of furan rings is 1. The lowest BCUT2D eigenvalue weighted by Gasteiger charge is -2.42. The maximum Gasteiger partial charge on any atom is 0.252 e. The van der Waals surface area contributed by atoms with E-state index in [-0.39, 0.29) is 33.8 Å². The van der Waals surface area contributed by atoms with Gasteiger partial charge in [0.2, 0.25) is 0 Å². The first kappa shape index (κ1) is 56.7. The first-order chi connectivity index (χ1) is 42.3. The number of nitrogens with zero attached hydrogens (tertiary/aromatic N) is 4. The summed E-state index contributed by atoms with van der Waals surface area (Å²) in [6, 6.07) is 79.0. The van der Waals surface area contributed by atoms with Gasteiger partial charge >= 0.3 is 0 Å². The topological polar surface area (TPSA) is 27.8 Å². The van der Waals surface area contributed by atoms with Crippen molar-refractivity contribution in [2.75, 3.05) is 14.7 Å². The lowest BCUT2D eigenvalue weighted by atomic mass is 9.33. The van der Waals surface area contributed by atoms with Crippen molar-refractivity contribution < 1.29 is 4.42 Å². The third kappa shape index (κ3) is 9.23. The molecule has 442 valence electrons. The lowest BCUT2D eigenvalue weighted by molar-refractivity contribution is 0.590. The molecule has 2 aliphatic heterocycles. The van der Waals surface area contributed by atoms with Gasteiger partial charge < -0.3 is 23.7 Å². The summed E-state index contributed by atoms with van der Waals surface area (Å²) in [5.41, 5.74) is 25.3. The predicted octanol–water partition coefficient (Wildman–Crippen LogP) is 21.9. The molecule has 0 atom stereocenters. The Morgan fingerprint density at radius 3 is 1.35 bits per heavy atom. The van der Waals surface area contributed by atoms with E-state index in [1.54, 1.807) is 0 Å². The average Bonchev–Trinajstić information content (AvgIpc) is 1.63. The maximum absolute atomic E-state index is 7.22. The van der Waals surface area contributed by atoms with Crippen molar-refractivity contribution in [3.63, 3.8) is 0 Å². The molecule has 2 aliphatic rings. The van der Waals surface area contributed by atoms with Gasteiger partial charge in [-0.3, -0.25) is 0 Å². The van der Waals surface area contributed by atoms with Crippen LogP contribution in [0.2, 0.25) is 0 Å². The summed E-state index contributed by atoms with van der Waals surface area (Å²) in [4.78, 5) is 7.55. The van der Waals surface area contributed by atoms with Crippen LogP contribution in [0, 0.1) is 0 Å². The molecule has 13 aromatic rings. The van der Waals surface area contributed by atoms with Gasteiger partial charge in [-0.05, 0) is 168 Å². The molecule has 0 fully saturated rings. The first-order valence-corrected chi connectivity index (χ1v) is 32.7. The van der Waals surface area contributed by atoms with Crippen molar-refractivity contribution >= 4 is 139 Å². The Hall–Kier alpha value is -8.78. The Morgan fingerprint density at radius 2 is 0.809 bits per heavy atom. The van der Waals surface area contributed by atoms with Crippen LogP contribution >= 0.6 is 11.3 Å². The van der Waals surface area contributed by atoms with E-state index in [2.05, 4.69) is 329 Å². The first-order valence-electron chi connectivity index (χ1n) is 31.8. The summed E-state index contributed by atoms with van der Waals surface area (Å²) >= 11 is 1.93. The van der Waals surface area contributed by atoms with Gasteiger partial charge in [0.05, 0.1) is 27.1 Å². The summed E-state index contributed by atoms with van der Waals surface area (Å²) < 4.78 is 12.5. The largest absolute Gasteiger partial charge is 0.454 e. The number of fused-ring (bicyclic) bond motifs is 12. The molecule has 0 saturated carbocycles. The van der Waals surface area contributed by atoms with Gasteiger partial charge in [-0.2, -0.15) is 0 Å². The van der Waals surface area contributed by atoms with E-state index in [9.17, 15) is 0 Å². The van der Waals surface area contributed by atoms with Crippen LogP contribution in [0.25, 0.3) is 58.8 Å². The molecular formula is C82H79BN4OS. The minimum absolute atomic E-state index is 0.00801. The molecule has 0 bridgehead atoms. The van der Waals surface area contributed by atoms with E-state index < -0.39 is 0 Å². The van der Waals surface area contributed by atoms with Crippen LogP contribution in [-0.4, -0.2) is 11.3 Å². The molecule has 0 unspecified atom stereocenters. The van der Waals surface area contributed by atoms with Crippen LogP contribution in [0.1, 0.15) is 132 Å². The average molecular weight is 1180 g/mol. The van der Waals surface area contributed by atoms with Crippen LogP contribution < -0.4 is 31.1 Å². The molecule has 89 heavy (non-hydrogen) atoms. The fourth-order valence-electron chi connectivity index (χ4n) is 14.1. The van der Waals surface area contributed by atoms with Gasteiger partial charge in [0.25, 0.3) is 6.71 Å². The maximum atomic E-state index is 7.22. The van der Waals surface area contributed by atoms with Crippen LogP contribution in [0.5, 0.6) is 0 Å². The highest BCUT2D eigenvalue weighted by Gasteiger charge is 2.45. The minimum Gasteiger partial charge on any atom is -0.454 e. The van der Waals surface area contributed by atoms with E-state index in [1.165, 1.54) is 81.1 Å². The van der Waals surface area contributed by atoms with Crippen molar-refractivity contribution in [2.45, 2.75) is 131 Å². The van der Waals surface area contributed by atoms with Crippen LogP contribution in [0.4, 0.5) is 51.2 Å². The van der Waals surface area contributed by atoms with Gasteiger partial charge in [-0.25, -0.2) is 0 Å². The van der Waals surface area contributed by atoms with E-state index in [0.29, 0.717) is 0 Å². The number of benzene rings is 10. The minimum atomic E-state index is -0.145. The summed E-state index contributed by atoms with van der Waals surface area (Å²) in [6.07, 6.45) is 0. The second-order valence-corrected chi connectivity index (χ2v) is 31.4. The normalized spacial score (nSPS) is 13.5. The zero-order chi connectivity index (χ0) is 62.0. The Kier molecular flexibility index (Phi) is 12.7. The van der Waals surface area contributed by atoms with E-state index in [4.69, 9.17) is 4.42 Å². The molecule has 0 radical (unpaired) electrons. The Morgan fingerprint density at radius 1 is 0.348 bits per heavy atom. The van der Waals surface area contributed by atoms with E-state index >= 15 is 0 Å². The number of hydrogen-bond acceptors (Lipinski definition) is 5. The summed E-state index contributed by atoms with van der Waals surface area (Å²) in [7, 11) is 0. The fourth-order valence-corrected chi connectivity index (χ4v) is 15.4. The van der Waals surface area contributed by atoms with E-state index in [0.717, 1.165) is 73.1 Å². The SMILES string of the molecule is CC(C)(C)c1ccc(N(c2ccc(C(C)(C)C)cc2)c2ccc3c(c2)N(c2cccc4c2oc2ccccc24)c2cc(N(c4ccc(C(C)(C)C)cc4)c4ccc(C(C)(C)C)cc4)cc4c2B3c2cc(C(C)(C)C)cc3c5sc6ccccc6c5n-4c23)cc1. The quantitative estimate of drug-likeness (QED) is 0.149. The Balaban J connectivity index is 1.09. The van der Waals surface area contributed by atoms with E-state index in [1.807, 2.05) is 11.3 Å². The highest BCUT2D eigenvalue weighted by molar-refractivity contribution is 7.26. The molecule has 0 spiro atoms. The van der Waals surface area contributed by atoms with Crippen molar-refractivity contribution in [3.05, 3.63) is 234 Å². The summed E-state index contributed by atoms with van der Waals surface area (Å²) in [5, 5.41) is 4.76. The standard InChI is InChI=1S/C82H79BN4OS/c1-78(2,3)50-27-35-55(36-28-50)84(56-37-29-51(30-38-56)79(4,5)6)59-43-44-65-68(47-59)86(67-24-20-23-62-61-21-16-18-25-71(61)88-76(62)67)69-48-60(85(57-39-31-52(32-40-57)80(7,8)9)58-41-33-53(34-42-58)81(10,11)12)49-70-73(69)83(65)66-46-54(82(13,14)15)45-64-74(66)87(70)75-63-22-17-19-26-72(63)89-77(64)75/h16-49H,1-15H3. The molecular weight excluding hydrogens is 1100 g/mol. The van der Waals surface area contributed by atoms with Gasteiger partial charge in [-0.15, -0.1) is 11.3 Å². The summed E-state index contributed by atoms with van der Waals surface area (Å²) in [5.74, 6) is 0. The lowest BCUT2D eigenvalue weighted by Crippen LogP contribution is -2.60. The van der Waals surface area contributed by atoms with Gasteiger partial charge in [0, 0.05) is 71.7 Å². The van der Waals surface area contributed by atoms with Crippen LogP contribution in [0.15, 0.2) is 211 Å². The van der Waals surface area contributed by atoms with Crippen LogP contribution in [-0.2, 0) is 27.1 Å². The van der Waals surface area contributed by atoms with Gasteiger partial charge in [0.15, 0.2) is 5.58 Å². The Bertz CT molecular complexity index is 4850. The second-order valence-electron chi connectivity index (χ2n) is 30.3. The van der Waals surface area contributed by atoms with Gasteiger partial charge in [0.1, 0.15) is 5.58 Å². The molecule has 0 saturated heterocycles. The fraction of sp³-hybridized carbons (Fsp3) is 0.244. The predicted molar refractivity (Wildman–Crippen MR) is 386 cm³/mol. The molecule has 5 heterocycles. The number of anilines is 9. The molecule has 15 rings (SSSR count). The summed E-state index contributed by atoms with van der Waals surface area (Å²) in [6.45, 7) is 34.6. The highest BCUT2D eigenvalue weighted by Crippen LogP contribution is 2.52. The molecule has 0 N–H and O–H groups in total. The number of thiophene rings is 1. The smallest absolute Gasteiger partial charge is 0.252 e. The van der Waals surface area contributed by atoms with Crippen molar-refractivity contribution in [3.8, 4) is 5.69 Å². The number of hydrogen-bond donors (Lipinski definition) is 0. The molecule has 5 nitrogen and oxygen atoms in total. The molecule has 0 aliphatic carbocycles. The molecule has 0 amide bonds. The molecule has 3 aromatic heterocycles. The van der Waals surface area contributed by atoms with Crippen molar-refractivity contribution in [1.29, 1.82) is 0 Å². The highest BCUT2D eigenvalue weighted by atomic mass is 32.1. The molecule has 10 aromatic carbocycles. The molecule has 7 heteroatoms. The third-order valence-electron chi connectivity index (χ3n) is 19.1. The zero-order valence-corrected chi connectivity index (χ0v) is 55.1. The van der Waals surface area contributed by atoms with Crippen molar-refractivity contribution in [2.24, 2.45) is 0 Å². The number of aromatic nitrogens is 1. The second kappa shape index (κ2) is 19.9. The monoisotopic (exact) mass is 1180 g/mol. The zero-order valence-electron chi connectivity index (χ0n) is 54.3. The van der Waals surface area contributed by atoms with Crippen LogP contribution in [0.3, 0.4) is 0 Å². The number of para-hydroxylation sites is 2. The van der Waals surface area contributed by atoms with Gasteiger partial charge in [-0.1, -0.05) is 213 Å². The van der Waals surface area contributed by atoms with Crippen molar-refractivity contribution in [1.82, 2.24) is 4.57 Å². The Labute approximate surface area is 529 Å². The third-order valence-corrected chi connectivity index (χ3v) is 20.3.